The quantitative estimate of drug-likeness (QED) is 0.660. The van der Waals surface area contributed by atoms with Crippen LogP contribution in [0.15, 0.2) is 29.6 Å². The Morgan fingerprint density at radius 1 is 1.19 bits per heavy atom. The normalized spacial score (nSPS) is 10.6. The third-order valence-corrected chi connectivity index (χ3v) is 5.44. The van der Waals surface area contributed by atoms with Gasteiger partial charge in [-0.25, -0.2) is 4.79 Å². The summed E-state index contributed by atoms with van der Waals surface area (Å²) in [5.74, 6) is -0.792. The van der Waals surface area contributed by atoms with E-state index in [4.69, 9.17) is 4.74 Å². The molecule has 0 aliphatic carbocycles. The second-order valence-corrected chi connectivity index (χ2v) is 7.22. The maximum Gasteiger partial charge on any atom is 0.341 e. The summed E-state index contributed by atoms with van der Waals surface area (Å²) < 4.78 is 8.98. The fourth-order valence-electron chi connectivity index (χ4n) is 2.40. The minimum atomic E-state index is -0.459. The highest BCUT2D eigenvalue weighted by molar-refractivity contribution is 7.15. The molecule has 0 saturated heterocycles. The van der Waals surface area contributed by atoms with Crippen LogP contribution in [0.25, 0.3) is 11.1 Å². The number of benzene rings is 1. The van der Waals surface area contributed by atoms with Crippen molar-refractivity contribution in [3.8, 4) is 11.1 Å². The number of esters is 1. The SMILES string of the molecule is CCOC(=O)c1c(-c2ccc(C)cc2)csc1NC(=O)c1snnc1C. The molecule has 26 heavy (non-hydrogen) atoms. The van der Waals surface area contributed by atoms with Gasteiger partial charge in [0.15, 0.2) is 0 Å². The lowest BCUT2D eigenvalue weighted by atomic mass is 10.0. The Kier molecular flexibility index (Phi) is 5.43. The third-order valence-electron chi connectivity index (χ3n) is 3.72. The first-order valence-corrected chi connectivity index (χ1v) is 9.62. The third kappa shape index (κ3) is 3.66. The van der Waals surface area contributed by atoms with Gasteiger partial charge in [-0.15, -0.1) is 16.4 Å². The van der Waals surface area contributed by atoms with Gasteiger partial charge in [0.25, 0.3) is 5.91 Å². The Bertz CT molecular complexity index is 945. The Labute approximate surface area is 159 Å². The number of hydrogen-bond donors (Lipinski definition) is 1. The average Bonchev–Trinajstić information content (AvgIpc) is 3.22. The van der Waals surface area contributed by atoms with Gasteiger partial charge in [-0.3, -0.25) is 4.79 Å². The summed E-state index contributed by atoms with van der Waals surface area (Å²) in [6.07, 6.45) is 0. The maximum atomic E-state index is 12.5. The fraction of sp³-hybridized carbons (Fsp3) is 0.222. The van der Waals surface area contributed by atoms with Crippen LogP contribution < -0.4 is 5.32 Å². The monoisotopic (exact) mass is 387 g/mol. The van der Waals surface area contributed by atoms with Gasteiger partial charge in [0.05, 0.1) is 12.3 Å². The smallest absolute Gasteiger partial charge is 0.341 e. The Morgan fingerprint density at radius 3 is 2.54 bits per heavy atom. The predicted molar refractivity (Wildman–Crippen MR) is 103 cm³/mol. The van der Waals surface area contributed by atoms with Crippen LogP contribution in [0, 0.1) is 13.8 Å². The van der Waals surface area contributed by atoms with Gasteiger partial charge >= 0.3 is 5.97 Å². The van der Waals surface area contributed by atoms with Gasteiger partial charge in [0, 0.05) is 10.9 Å². The van der Waals surface area contributed by atoms with E-state index in [1.165, 1.54) is 11.3 Å². The van der Waals surface area contributed by atoms with Crippen LogP contribution in [0.4, 0.5) is 5.00 Å². The van der Waals surface area contributed by atoms with Crippen LogP contribution in [-0.4, -0.2) is 28.1 Å². The Morgan fingerprint density at radius 2 is 1.92 bits per heavy atom. The number of anilines is 1. The summed E-state index contributed by atoms with van der Waals surface area (Å²) in [7, 11) is 0. The molecule has 3 aromatic rings. The lowest BCUT2D eigenvalue weighted by Crippen LogP contribution is -2.14. The molecule has 3 rings (SSSR count). The van der Waals surface area contributed by atoms with Crippen LogP contribution >= 0.6 is 22.9 Å². The molecule has 0 aliphatic heterocycles. The van der Waals surface area contributed by atoms with Crippen molar-refractivity contribution in [3.63, 3.8) is 0 Å². The molecule has 2 aromatic heterocycles. The van der Waals surface area contributed by atoms with Crippen LogP contribution in [0.1, 0.15) is 38.2 Å². The van der Waals surface area contributed by atoms with E-state index in [0.29, 0.717) is 21.1 Å². The number of nitrogens with one attached hydrogen (secondary N) is 1. The molecule has 0 saturated carbocycles. The first-order chi connectivity index (χ1) is 12.5. The molecular weight excluding hydrogens is 370 g/mol. The molecule has 134 valence electrons. The highest BCUT2D eigenvalue weighted by Gasteiger charge is 2.24. The zero-order valence-corrected chi connectivity index (χ0v) is 16.2. The zero-order chi connectivity index (χ0) is 18.7. The molecule has 0 spiro atoms. The number of thiophene rings is 1. The zero-order valence-electron chi connectivity index (χ0n) is 14.5. The van der Waals surface area contributed by atoms with Crippen molar-refractivity contribution in [1.29, 1.82) is 0 Å². The van der Waals surface area contributed by atoms with E-state index in [1.807, 2.05) is 36.6 Å². The molecule has 0 unspecified atom stereocenters. The minimum Gasteiger partial charge on any atom is -0.462 e. The summed E-state index contributed by atoms with van der Waals surface area (Å²) in [4.78, 5) is 25.4. The summed E-state index contributed by atoms with van der Waals surface area (Å²) in [5, 5.41) is 8.96. The molecule has 0 fully saturated rings. The number of aryl methyl sites for hydroxylation is 2. The van der Waals surface area contributed by atoms with Crippen molar-refractivity contribution in [2.45, 2.75) is 20.8 Å². The Balaban J connectivity index is 2.00. The van der Waals surface area contributed by atoms with Gasteiger partial charge in [0.1, 0.15) is 15.4 Å². The average molecular weight is 387 g/mol. The van der Waals surface area contributed by atoms with Crippen LogP contribution in [0.3, 0.4) is 0 Å². The van der Waals surface area contributed by atoms with E-state index in [1.54, 1.807) is 13.8 Å². The topological polar surface area (TPSA) is 81.2 Å². The molecule has 0 atom stereocenters. The summed E-state index contributed by atoms with van der Waals surface area (Å²) >= 11 is 2.31. The number of rotatable bonds is 5. The fourth-order valence-corrected chi connectivity index (χ4v) is 3.91. The van der Waals surface area contributed by atoms with Crippen molar-refractivity contribution in [2.24, 2.45) is 0 Å². The van der Waals surface area contributed by atoms with E-state index in [2.05, 4.69) is 14.9 Å². The molecule has 0 aliphatic rings. The van der Waals surface area contributed by atoms with Crippen molar-refractivity contribution >= 4 is 39.7 Å². The largest absolute Gasteiger partial charge is 0.462 e. The van der Waals surface area contributed by atoms with Crippen LogP contribution in [0.5, 0.6) is 0 Å². The van der Waals surface area contributed by atoms with Gasteiger partial charge < -0.3 is 10.1 Å². The standard InChI is InChI=1S/C18H17N3O3S2/c1-4-24-18(23)14-13(12-7-5-10(2)6-8-12)9-25-17(14)19-16(22)15-11(3)20-21-26-15/h5-9H,4H2,1-3H3,(H,19,22). The lowest BCUT2D eigenvalue weighted by Gasteiger charge is -2.08. The summed E-state index contributed by atoms with van der Waals surface area (Å²) in [6, 6.07) is 7.85. The van der Waals surface area contributed by atoms with E-state index in [9.17, 15) is 9.59 Å². The molecule has 6 nitrogen and oxygen atoms in total. The molecule has 1 amide bonds. The number of hydrogen-bond acceptors (Lipinski definition) is 7. The second-order valence-electron chi connectivity index (χ2n) is 5.58. The molecule has 1 N–H and O–H groups in total. The molecule has 2 heterocycles. The van der Waals surface area contributed by atoms with E-state index < -0.39 is 5.97 Å². The number of nitrogens with zero attached hydrogens (tertiary/aromatic N) is 2. The number of carbonyl (C=O) groups excluding carboxylic acids is 2. The van der Waals surface area contributed by atoms with Crippen molar-refractivity contribution in [2.75, 3.05) is 11.9 Å². The Hall–Kier alpha value is -2.58. The molecule has 8 heteroatoms. The van der Waals surface area contributed by atoms with Crippen molar-refractivity contribution in [1.82, 2.24) is 9.59 Å². The van der Waals surface area contributed by atoms with Gasteiger partial charge in [0.2, 0.25) is 0 Å². The molecular formula is C18H17N3O3S2. The number of ether oxygens (including phenoxy) is 1. The van der Waals surface area contributed by atoms with Crippen LogP contribution in [0.2, 0.25) is 0 Å². The molecule has 0 radical (unpaired) electrons. The van der Waals surface area contributed by atoms with Gasteiger partial charge in [-0.1, -0.05) is 34.3 Å². The minimum absolute atomic E-state index is 0.257. The van der Waals surface area contributed by atoms with Crippen LogP contribution in [-0.2, 0) is 4.74 Å². The first kappa shape index (κ1) is 18.2. The predicted octanol–water partition coefficient (Wildman–Crippen LogP) is 4.31. The molecule has 1 aromatic carbocycles. The summed E-state index contributed by atoms with van der Waals surface area (Å²) in [6.45, 7) is 5.73. The van der Waals surface area contributed by atoms with E-state index >= 15 is 0 Å². The number of aromatic nitrogens is 2. The van der Waals surface area contributed by atoms with Crippen molar-refractivity contribution < 1.29 is 14.3 Å². The highest BCUT2D eigenvalue weighted by Crippen LogP contribution is 2.36. The van der Waals surface area contributed by atoms with Gasteiger partial charge in [-0.2, -0.15) is 0 Å². The maximum absolute atomic E-state index is 12.5. The van der Waals surface area contributed by atoms with Gasteiger partial charge in [-0.05, 0) is 37.9 Å². The lowest BCUT2D eigenvalue weighted by molar-refractivity contribution is 0.0529. The second kappa shape index (κ2) is 7.76. The number of carbonyl (C=O) groups is 2. The highest BCUT2D eigenvalue weighted by atomic mass is 32.1. The van der Waals surface area contributed by atoms with E-state index in [0.717, 1.165) is 28.2 Å². The molecule has 0 bridgehead atoms. The van der Waals surface area contributed by atoms with E-state index in [-0.39, 0.29) is 12.5 Å². The number of amides is 1. The summed E-state index contributed by atoms with van der Waals surface area (Å²) in [5.41, 5.74) is 3.68. The first-order valence-electron chi connectivity index (χ1n) is 7.97. The van der Waals surface area contributed by atoms with Crippen molar-refractivity contribution in [3.05, 3.63) is 51.3 Å².